The Hall–Kier alpha value is -2.25. The number of halogens is 2. The average molecular weight is 496 g/mol. The molecule has 3 rings (SSSR count). The number of ether oxygens (including phenoxy) is 2. The normalized spacial score (nSPS) is 14.1. The number of benzene rings is 2. The topological polar surface area (TPSA) is 76.7 Å². The van der Waals surface area contributed by atoms with E-state index in [1.807, 2.05) is 0 Å². The van der Waals surface area contributed by atoms with E-state index in [4.69, 9.17) is 21.1 Å². The minimum Gasteiger partial charge on any atom is -0.495 e. The smallest absolute Gasteiger partial charge is 0.255 e. The summed E-state index contributed by atoms with van der Waals surface area (Å²) in [7, 11) is 3.02. The fourth-order valence-corrected chi connectivity index (χ4v) is 4.25. The van der Waals surface area contributed by atoms with Crippen LogP contribution in [-0.2, 0) is 0 Å². The molecule has 2 N–H and O–H groups in total. The van der Waals surface area contributed by atoms with Crippen LogP contribution in [0.1, 0.15) is 52.8 Å². The molecule has 0 heterocycles. The lowest BCUT2D eigenvalue weighted by atomic mass is 9.95. The monoisotopic (exact) mass is 494 g/mol. The van der Waals surface area contributed by atoms with Crippen LogP contribution in [0.15, 0.2) is 34.8 Å². The van der Waals surface area contributed by atoms with Gasteiger partial charge in [-0.2, -0.15) is 0 Å². The van der Waals surface area contributed by atoms with E-state index in [1.165, 1.54) is 20.6 Å². The first-order chi connectivity index (χ1) is 14.4. The van der Waals surface area contributed by atoms with Gasteiger partial charge in [-0.05, 0) is 59.1 Å². The zero-order valence-electron chi connectivity index (χ0n) is 16.9. The average Bonchev–Trinajstić information content (AvgIpc) is 2.75. The van der Waals surface area contributed by atoms with Gasteiger partial charge in [-0.15, -0.1) is 0 Å². The minimum absolute atomic E-state index is 0.170. The SMILES string of the molecule is COc1cc(C(=O)Nc2ccc(Cl)c(C(=O)NC3CCCCC3)c2)cc(OC)c1Br. The van der Waals surface area contributed by atoms with Gasteiger partial charge in [0.25, 0.3) is 11.8 Å². The number of nitrogens with one attached hydrogen (secondary N) is 2. The van der Waals surface area contributed by atoms with E-state index in [-0.39, 0.29) is 17.9 Å². The van der Waals surface area contributed by atoms with Gasteiger partial charge in [0.05, 0.1) is 24.8 Å². The second kappa shape index (κ2) is 10.2. The molecule has 0 bridgehead atoms. The largest absolute Gasteiger partial charge is 0.495 e. The Morgan fingerprint density at radius 3 is 2.23 bits per heavy atom. The van der Waals surface area contributed by atoms with Gasteiger partial charge in [0, 0.05) is 17.3 Å². The van der Waals surface area contributed by atoms with E-state index in [2.05, 4.69) is 26.6 Å². The molecule has 0 radical (unpaired) electrons. The van der Waals surface area contributed by atoms with Gasteiger partial charge < -0.3 is 20.1 Å². The minimum atomic E-state index is -0.361. The van der Waals surface area contributed by atoms with E-state index in [0.717, 1.165) is 25.7 Å². The van der Waals surface area contributed by atoms with E-state index in [0.29, 0.717) is 37.8 Å². The van der Waals surface area contributed by atoms with Crippen LogP contribution < -0.4 is 20.1 Å². The summed E-state index contributed by atoms with van der Waals surface area (Å²) in [5.74, 6) is 0.362. The molecule has 1 fully saturated rings. The van der Waals surface area contributed by atoms with Crippen LogP contribution in [0.5, 0.6) is 11.5 Å². The Morgan fingerprint density at radius 1 is 1.00 bits per heavy atom. The Morgan fingerprint density at radius 2 is 1.63 bits per heavy atom. The third kappa shape index (κ3) is 5.26. The van der Waals surface area contributed by atoms with Crippen molar-refractivity contribution in [3.63, 3.8) is 0 Å². The molecular weight excluding hydrogens is 472 g/mol. The molecule has 30 heavy (non-hydrogen) atoms. The first-order valence-electron chi connectivity index (χ1n) is 9.76. The molecule has 0 unspecified atom stereocenters. The maximum absolute atomic E-state index is 12.8. The Labute approximate surface area is 189 Å². The van der Waals surface area contributed by atoms with Gasteiger partial charge in [-0.25, -0.2) is 0 Å². The van der Waals surface area contributed by atoms with Gasteiger partial charge in [-0.1, -0.05) is 30.9 Å². The second-order valence-electron chi connectivity index (χ2n) is 7.15. The molecule has 0 atom stereocenters. The number of methoxy groups -OCH3 is 2. The summed E-state index contributed by atoms with van der Waals surface area (Å²) >= 11 is 9.63. The summed E-state index contributed by atoms with van der Waals surface area (Å²) in [6.07, 6.45) is 5.41. The number of hydrogen-bond donors (Lipinski definition) is 2. The molecule has 8 heteroatoms. The molecule has 1 aliphatic carbocycles. The second-order valence-corrected chi connectivity index (χ2v) is 8.35. The summed E-state index contributed by atoms with van der Waals surface area (Å²) in [5, 5.41) is 6.19. The Bertz CT molecular complexity index is 920. The Kier molecular flexibility index (Phi) is 7.61. The molecule has 2 aromatic carbocycles. The van der Waals surface area contributed by atoms with E-state index in [1.54, 1.807) is 30.3 Å². The molecule has 6 nitrogen and oxygen atoms in total. The van der Waals surface area contributed by atoms with Crippen LogP contribution in [0.2, 0.25) is 5.02 Å². The molecule has 1 aliphatic rings. The van der Waals surface area contributed by atoms with Gasteiger partial charge in [0.2, 0.25) is 0 Å². The quantitative estimate of drug-likeness (QED) is 0.560. The van der Waals surface area contributed by atoms with Gasteiger partial charge in [0.1, 0.15) is 16.0 Å². The highest BCUT2D eigenvalue weighted by atomic mass is 79.9. The summed E-state index contributed by atoms with van der Waals surface area (Å²) in [6, 6.07) is 8.23. The number of anilines is 1. The maximum atomic E-state index is 12.8. The van der Waals surface area contributed by atoms with Crippen molar-refractivity contribution in [3.05, 3.63) is 51.0 Å². The molecule has 2 aromatic rings. The van der Waals surface area contributed by atoms with Crippen molar-refractivity contribution < 1.29 is 19.1 Å². The van der Waals surface area contributed by atoms with Gasteiger partial charge in [-0.3, -0.25) is 9.59 Å². The van der Waals surface area contributed by atoms with Crippen molar-refractivity contribution in [2.75, 3.05) is 19.5 Å². The van der Waals surface area contributed by atoms with Gasteiger partial charge in [0.15, 0.2) is 0 Å². The van der Waals surface area contributed by atoms with Crippen LogP contribution in [0.3, 0.4) is 0 Å². The lowest BCUT2D eigenvalue weighted by Gasteiger charge is -2.23. The molecular formula is C22H24BrClN2O4. The van der Waals surface area contributed by atoms with Crippen molar-refractivity contribution in [3.8, 4) is 11.5 Å². The standard InChI is InChI=1S/C22H24BrClN2O4/c1-29-18-10-13(11-19(30-2)20(18)23)21(27)26-15-8-9-17(24)16(12-15)22(28)25-14-6-4-3-5-7-14/h8-12,14H,3-7H2,1-2H3,(H,25,28)(H,26,27). The Balaban J connectivity index is 1.78. The molecule has 0 aliphatic heterocycles. The van der Waals surface area contributed by atoms with Crippen molar-refractivity contribution >= 4 is 45.0 Å². The maximum Gasteiger partial charge on any atom is 0.255 e. The highest BCUT2D eigenvalue weighted by Crippen LogP contribution is 2.36. The lowest BCUT2D eigenvalue weighted by Crippen LogP contribution is -2.36. The van der Waals surface area contributed by atoms with Crippen LogP contribution in [0.4, 0.5) is 5.69 Å². The summed E-state index contributed by atoms with van der Waals surface area (Å²) in [4.78, 5) is 25.5. The number of amides is 2. The first-order valence-corrected chi connectivity index (χ1v) is 10.9. The predicted octanol–water partition coefficient (Wildman–Crippen LogP) is 5.43. The number of carbonyl (C=O) groups is 2. The molecule has 0 aromatic heterocycles. The third-order valence-electron chi connectivity index (χ3n) is 5.12. The molecule has 1 saturated carbocycles. The first kappa shape index (κ1) is 22.4. The van der Waals surface area contributed by atoms with Crippen LogP contribution in [0, 0.1) is 0 Å². The highest BCUT2D eigenvalue weighted by molar-refractivity contribution is 9.10. The van der Waals surface area contributed by atoms with E-state index < -0.39 is 0 Å². The predicted molar refractivity (Wildman–Crippen MR) is 121 cm³/mol. The van der Waals surface area contributed by atoms with Crippen LogP contribution >= 0.6 is 27.5 Å². The van der Waals surface area contributed by atoms with Gasteiger partial charge >= 0.3 is 0 Å². The number of carbonyl (C=O) groups excluding carboxylic acids is 2. The van der Waals surface area contributed by atoms with E-state index >= 15 is 0 Å². The zero-order chi connectivity index (χ0) is 21.7. The molecule has 0 saturated heterocycles. The molecule has 2 amide bonds. The fraction of sp³-hybridized carbons (Fsp3) is 0.364. The lowest BCUT2D eigenvalue weighted by molar-refractivity contribution is 0.0926. The zero-order valence-corrected chi connectivity index (χ0v) is 19.2. The van der Waals surface area contributed by atoms with Crippen molar-refractivity contribution in [1.82, 2.24) is 5.32 Å². The molecule has 160 valence electrons. The van der Waals surface area contributed by atoms with E-state index in [9.17, 15) is 9.59 Å². The number of hydrogen-bond acceptors (Lipinski definition) is 4. The fourth-order valence-electron chi connectivity index (χ4n) is 3.49. The summed E-state index contributed by atoms with van der Waals surface area (Å²) in [6.45, 7) is 0. The summed E-state index contributed by atoms with van der Waals surface area (Å²) < 4.78 is 11.2. The van der Waals surface area contributed by atoms with Crippen LogP contribution in [0.25, 0.3) is 0 Å². The van der Waals surface area contributed by atoms with Crippen LogP contribution in [-0.4, -0.2) is 32.1 Å². The highest BCUT2D eigenvalue weighted by Gasteiger charge is 2.20. The number of rotatable bonds is 6. The van der Waals surface area contributed by atoms with Crippen molar-refractivity contribution in [2.45, 2.75) is 38.1 Å². The van der Waals surface area contributed by atoms with Crippen molar-refractivity contribution in [2.24, 2.45) is 0 Å². The summed E-state index contributed by atoms with van der Waals surface area (Å²) in [5.41, 5.74) is 1.17. The third-order valence-corrected chi connectivity index (χ3v) is 6.23. The molecule has 0 spiro atoms. The van der Waals surface area contributed by atoms with Crippen molar-refractivity contribution in [1.29, 1.82) is 0 Å².